The lowest BCUT2D eigenvalue weighted by Gasteiger charge is -2.53. The summed E-state index contributed by atoms with van der Waals surface area (Å²) in [7, 11) is 0. The van der Waals surface area contributed by atoms with E-state index in [-0.39, 0.29) is 43.9 Å². The van der Waals surface area contributed by atoms with Crippen molar-refractivity contribution in [2.24, 2.45) is 5.41 Å². The number of rotatable bonds is 8. The fourth-order valence-electron chi connectivity index (χ4n) is 5.73. The molecule has 0 radical (unpaired) electrons. The molecule has 194 valence electrons. The maximum Gasteiger partial charge on any atom is 0.304 e. The van der Waals surface area contributed by atoms with E-state index in [1.807, 2.05) is 37.3 Å². The molecule has 4 atom stereocenters. The van der Waals surface area contributed by atoms with Gasteiger partial charge in [0.25, 0.3) is 5.92 Å². The van der Waals surface area contributed by atoms with Crippen molar-refractivity contribution in [3.63, 3.8) is 0 Å². The number of nitrogens with zero attached hydrogens (tertiary/aromatic N) is 2. The van der Waals surface area contributed by atoms with Gasteiger partial charge in [-0.15, -0.1) is 0 Å². The molecule has 2 heterocycles. The number of aliphatic carboxylic acids is 1. The van der Waals surface area contributed by atoms with E-state index in [0.29, 0.717) is 22.9 Å². The van der Waals surface area contributed by atoms with Gasteiger partial charge in [0, 0.05) is 28.5 Å². The average Bonchev–Trinajstić information content (AvgIpc) is 2.78. The van der Waals surface area contributed by atoms with Crippen molar-refractivity contribution in [1.82, 2.24) is 9.80 Å². The first kappa shape index (κ1) is 26.8. The van der Waals surface area contributed by atoms with Crippen LogP contribution in [0, 0.1) is 5.41 Å². The summed E-state index contributed by atoms with van der Waals surface area (Å²) in [4.78, 5) is 29.4. The first-order chi connectivity index (χ1) is 16.9. The molecule has 36 heavy (non-hydrogen) atoms. The second-order valence-electron chi connectivity index (χ2n) is 10.3. The molecule has 0 aliphatic carbocycles. The lowest BCUT2D eigenvalue weighted by molar-refractivity contribution is -0.165. The molecule has 1 N–H and O–H groups in total. The van der Waals surface area contributed by atoms with Gasteiger partial charge in [0.15, 0.2) is 0 Å². The number of hydrogen-bond acceptors (Lipinski definition) is 3. The molecule has 9 heteroatoms. The van der Waals surface area contributed by atoms with Crippen LogP contribution in [0.15, 0.2) is 48.5 Å². The maximum atomic E-state index is 14.1. The lowest BCUT2D eigenvalue weighted by atomic mass is 9.67. The number of amides is 1. The molecular formula is C27H30Cl2F2N2O3. The Morgan fingerprint density at radius 3 is 2.33 bits per heavy atom. The Kier molecular flexibility index (Phi) is 7.65. The number of carboxylic acid groups (broad SMARTS) is 1. The highest BCUT2D eigenvalue weighted by Gasteiger charge is 2.53. The summed E-state index contributed by atoms with van der Waals surface area (Å²) in [5.41, 5.74) is 0.568. The molecule has 0 spiro atoms. The molecule has 2 aliphatic heterocycles. The molecule has 0 aromatic heterocycles. The number of carbonyl (C=O) groups is 2. The summed E-state index contributed by atoms with van der Waals surface area (Å²) in [6.07, 6.45) is 0.509. The second-order valence-corrected chi connectivity index (χ2v) is 11.2. The molecule has 2 fully saturated rings. The number of benzene rings is 2. The van der Waals surface area contributed by atoms with Crippen molar-refractivity contribution in [1.29, 1.82) is 0 Å². The number of carbonyl (C=O) groups excluding carboxylic acids is 1. The largest absolute Gasteiger partial charge is 0.481 e. The predicted octanol–water partition coefficient (Wildman–Crippen LogP) is 6.26. The van der Waals surface area contributed by atoms with E-state index in [0.717, 1.165) is 11.1 Å². The Balaban J connectivity index is 1.83. The third-order valence-corrected chi connectivity index (χ3v) is 7.86. The summed E-state index contributed by atoms with van der Waals surface area (Å²) in [5, 5.41) is 10.8. The van der Waals surface area contributed by atoms with Gasteiger partial charge in [-0.3, -0.25) is 14.5 Å². The lowest BCUT2D eigenvalue weighted by Crippen LogP contribution is -2.62. The Labute approximate surface area is 220 Å². The van der Waals surface area contributed by atoms with E-state index >= 15 is 0 Å². The molecule has 4 rings (SSSR count). The monoisotopic (exact) mass is 538 g/mol. The molecule has 2 aromatic rings. The SMILES string of the molecule is CCC(CN1CC(F)(F)C1)N1C(=O)[C@@](C)(CC(=O)O)C[C@H](c2cccc(Cl)c2)[C@H]1c1ccc(Cl)cc1. The van der Waals surface area contributed by atoms with Gasteiger partial charge in [-0.2, -0.15) is 0 Å². The Morgan fingerprint density at radius 1 is 1.11 bits per heavy atom. The highest BCUT2D eigenvalue weighted by atomic mass is 35.5. The fourth-order valence-corrected chi connectivity index (χ4v) is 6.05. The van der Waals surface area contributed by atoms with Crippen LogP contribution in [-0.4, -0.2) is 58.4 Å². The molecule has 2 aromatic carbocycles. The molecular weight excluding hydrogens is 509 g/mol. The van der Waals surface area contributed by atoms with E-state index in [2.05, 4.69) is 0 Å². The molecule has 2 saturated heterocycles. The van der Waals surface area contributed by atoms with Gasteiger partial charge >= 0.3 is 5.97 Å². The van der Waals surface area contributed by atoms with E-state index < -0.39 is 23.3 Å². The standard InChI is InChI=1S/C27H30Cl2F2N2O3/c1-3-21(14-32-15-27(30,31)16-32)33-24(17-7-9-19(28)10-8-17)22(18-5-4-6-20(29)11-18)12-26(2,25(33)36)13-23(34)35/h4-11,21-22,24H,3,12-16H2,1-2H3,(H,34,35)/t21?,22-,24-,26-/m1/s1. The second kappa shape index (κ2) is 10.3. The molecule has 1 amide bonds. The number of hydrogen-bond donors (Lipinski definition) is 1. The molecule has 0 bridgehead atoms. The van der Waals surface area contributed by atoms with Crippen LogP contribution in [0.4, 0.5) is 8.78 Å². The third kappa shape index (κ3) is 5.53. The Morgan fingerprint density at radius 2 is 1.78 bits per heavy atom. The van der Waals surface area contributed by atoms with Gasteiger partial charge in [-0.05, 0) is 48.2 Å². The molecule has 5 nitrogen and oxygen atoms in total. The van der Waals surface area contributed by atoms with Gasteiger partial charge in [0.2, 0.25) is 5.91 Å². The van der Waals surface area contributed by atoms with Gasteiger partial charge in [0.05, 0.1) is 31.0 Å². The minimum absolute atomic E-state index is 0.265. The third-order valence-electron chi connectivity index (χ3n) is 7.38. The van der Waals surface area contributed by atoms with Crippen LogP contribution < -0.4 is 0 Å². The van der Waals surface area contributed by atoms with Gasteiger partial charge in [0.1, 0.15) is 0 Å². The van der Waals surface area contributed by atoms with Crippen molar-refractivity contribution in [2.75, 3.05) is 19.6 Å². The van der Waals surface area contributed by atoms with Crippen LogP contribution in [0.25, 0.3) is 0 Å². The zero-order valence-electron chi connectivity index (χ0n) is 20.3. The smallest absolute Gasteiger partial charge is 0.304 e. The van der Waals surface area contributed by atoms with Crippen LogP contribution >= 0.6 is 23.2 Å². The van der Waals surface area contributed by atoms with Crippen LogP contribution in [0.3, 0.4) is 0 Å². The first-order valence-electron chi connectivity index (χ1n) is 12.1. The maximum absolute atomic E-state index is 14.1. The minimum Gasteiger partial charge on any atom is -0.481 e. The number of halogens is 4. The summed E-state index contributed by atoms with van der Waals surface area (Å²) < 4.78 is 27.2. The Bertz CT molecular complexity index is 1120. The summed E-state index contributed by atoms with van der Waals surface area (Å²) in [6, 6.07) is 13.8. The summed E-state index contributed by atoms with van der Waals surface area (Å²) in [5.74, 6) is -4.32. The highest BCUT2D eigenvalue weighted by molar-refractivity contribution is 6.30. The van der Waals surface area contributed by atoms with Gasteiger partial charge < -0.3 is 10.0 Å². The van der Waals surface area contributed by atoms with Crippen LogP contribution in [0.2, 0.25) is 10.0 Å². The number of piperidine rings is 1. The van der Waals surface area contributed by atoms with E-state index in [4.69, 9.17) is 23.2 Å². The van der Waals surface area contributed by atoms with Crippen molar-refractivity contribution in [3.8, 4) is 0 Å². The zero-order valence-corrected chi connectivity index (χ0v) is 21.8. The van der Waals surface area contributed by atoms with Crippen LogP contribution in [0.5, 0.6) is 0 Å². The average molecular weight is 539 g/mol. The number of carboxylic acids is 1. The van der Waals surface area contributed by atoms with E-state index in [1.54, 1.807) is 34.9 Å². The predicted molar refractivity (Wildman–Crippen MR) is 136 cm³/mol. The number of likely N-dealkylation sites (tertiary alicyclic amines) is 2. The highest BCUT2D eigenvalue weighted by Crippen LogP contribution is 2.52. The van der Waals surface area contributed by atoms with Gasteiger partial charge in [-0.1, -0.05) is 61.3 Å². The zero-order chi connectivity index (χ0) is 26.3. The van der Waals surface area contributed by atoms with E-state index in [9.17, 15) is 23.5 Å². The van der Waals surface area contributed by atoms with E-state index in [1.165, 1.54) is 0 Å². The van der Waals surface area contributed by atoms with Gasteiger partial charge in [-0.25, -0.2) is 8.78 Å². The normalized spacial score (nSPS) is 26.9. The molecule has 1 unspecified atom stereocenters. The molecule has 0 saturated carbocycles. The Hall–Kier alpha value is -2.22. The summed E-state index contributed by atoms with van der Waals surface area (Å²) >= 11 is 12.5. The number of alkyl halides is 2. The van der Waals surface area contributed by atoms with Crippen molar-refractivity contribution < 1.29 is 23.5 Å². The van der Waals surface area contributed by atoms with Crippen molar-refractivity contribution in [2.45, 2.75) is 57.0 Å². The quantitative estimate of drug-likeness (QED) is 0.430. The minimum atomic E-state index is -2.72. The summed E-state index contributed by atoms with van der Waals surface area (Å²) in [6.45, 7) is 3.21. The topological polar surface area (TPSA) is 60.9 Å². The van der Waals surface area contributed by atoms with Crippen molar-refractivity contribution in [3.05, 3.63) is 69.7 Å². The van der Waals surface area contributed by atoms with Crippen molar-refractivity contribution >= 4 is 35.1 Å². The van der Waals surface area contributed by atoms with Crippen LogP contribution in [-0.2, 0) is 9.59 Å². The first-order valence-corrected chi connectivity index (χ1v) is 12.8. The fraction of sp³-hybridized carbons (Fsp3) is 0.481. The molecule has 2 aliphatic rings. The van der Waals surface area contributed by atoms with Crippen LogP contribution in [0.1, 0.15) is 56.2 Å².